The highest BCUT2D eigenvalue weighted by Crippen LogP contribution is 2.51. The van der Waals surface area contributed by atoms with Gasteiger partial charge in [-0.05, 0) is 88.7 Å². The Morgan fingerprint density at radius 3 is 1.30 bits per heavy atom. The first-order valence-corrected chi connectivity index (χ1v) is 22.1. The predicted octanol–water partition coefficient (Wildman–Crippen LogP) is 16.6. The lowest BCUT2D eigenvalue weighted by molar-refractivity contribution is 1.07. The summed E-state index contributed by atoms with van der Waals surface area (Å²) in [6.07, 6.45) is 0. The van der Waals surface area contributed by atoms with Gasteiger partial charge in [-0.15, -0.1) is 0 Å². The zero-order chi connectivity index (χ0) is 44.0. The van der Waals surface area contributed by atoms with E-state index >= 15 is 0 Å². The summed E-state index contributed by atoms with van der Waals surface area (Å²) in [6.45, 7) is 8.20. The third-order valence-electron chi connectivity index (χ3n) is 12.8. The standard InChI is InChI=1S/C62H38N4/c1-63-57-38-37-49(42-25-29-44(30-26-42)51-21-12-23-54-53-22-10-17-45-18-11-24-55(58(45)53)59(51)54)39-56(57)52-20-9-8-19-50(52)43-31-35-48(36-32-43)62-65-60(46-15-6-3-7-16-46)64-61(66-62)47-33-27-41(28-34-47)40-13-4-2-5-14-40/h2-39H. The van der Waals surface area contributed by atoms with Crippen LogP contribution in [-0.4, -0.2) is 15.0 Å². The highest BCUT2D eigenvalue weighted by molar-refractivity contribution is 6.18. The van der Waals surface area contributed by atoms with Crippen LogP contribution in [0, 0.1) is 6.57 Å². The number of nitrogens with zero attached hydrogens (tertiary/aromatic N) is 4. The first-order valence-electron chi connectivity index (χ1n) is 22.1. The van der Waals surface area contributed by atoms with Crippen LogP contribution in [0.3, 0.4) is 0 Å². The molecule has 0 N–H and O–H groups in total. The Balaban J connectivity index is 0.868. The summed E-state index contributed by atoms with van der Waals surface area (Å²) < 4.78 is 0. The van der Waals surface area contributed by atoms with Gasteiger partial charge in [0, 0.05) is 16.7 Å². The van der Waals surface area contributed by atoms with Crippen LogP contribution in [0.15, 0.2) is 231 Å². The van der Waals surface area contributed by atoms with Crippen LogP contribution in [0.1, 0.15) is 0 Å². The lowest BCUT2D eigenvalue weighted by Crippen LogP contribution is -2.00. The van der Waals surface area contributed by atoms with Crippen LogP contribution >= 0.6 is 0 Å². The van der Waals surface area contributed by atoms with Gasteiger partial charge in [-0.3, -0.25) is 0 Å². The highest BCUT2D eigenvalue weighted by atomic mass is 15.0. The van der Waals surface area contributed by atoms with E-state index in [2.05, 4.69) is 187 Å². The zero-order valence-electron chi connectivity index (χ0n) is 35.7. The van der Waals surface area contributed by atoms with Crippen LogP contribution in [-0.2, 0) is 0 Å². The van der Waals surface area contributed by atoms with Gasteiger partial charge in [0.25, 0.3) is 0 Å². The van der Waals surface area contributed by atoms with Crippen molar-refractivity contribution in [1.29, 1.82) is 0 Å². The minimum Gasteiger partial charge on any atom is -0.238 e. The fourth-order valence-electron chi connectivity index (χ4n) is 9.51. The Labute approximate surface area is 383 Å². The highest BCUT2D eigenvalue weighted by Gasteiger charge is 2.24. The lowest BCUT2D eigenvalue weighted by Gasteiger charge is -2.15. The zero-order valence-corrected chi connectivity index (χ0v) is 35.7. The summed E-state index contributed by atoms with van der Waals surface area (Å²) in [5.74, 6) is 1.83. The molecule has 11 aromatic rings. The van der Waals surface area contributed by atoms with Gasteiger partial charge in [0.15, 0.2) is 23.2 Å². The van der Waals surface area contributed by atoms with E-state index in [1.54, 1.807) is 0 Å². The molecule has 0 unspecified atom stereocenters. The molecule has 1 aliphatic rings. The number of hydrogen-bond acceptors (Lipinski definition) is 3. The summed E-state index contributed by atoms with van der Waals surface area (Å²) in [4.78, 5) is 19.0. The smallest absolute Gasteiger partial charge is 0.194 e. The SMILES string of the molecule is [C-]#[N+]c1ccc(-c2ccc(-c3cccc4c3-c3cccc5cccc-4c35)cc2)cc1-c1ccccc1-c1ccc(-c2nc(-c3ccccc3)nc(-c3ccc(-c4ccccc4)cc3)n2)cc1. The molecular formula is C62H38N4. The van der Waals surface area contributed by atoms with Gasteiger partial charge >= 0.3 is 0 Å². The van der Waals surface area contributed by atoms with Crippen molar-refractivity contribution in [1.82, 2.24) is 15.0 Å². The average molecular weight is 839 g/mol. The van der Waals surface area contributed by atoms with Crippen molar-refractivity contribution >= 4 is 16.5 Å². The molecule has 10 aromatic carbocycles. The molecule has 12 rings (SSSR count). The number of fused-ring (bicyclic) bond motifs is 3. The first kappa shape index (κ1) is 38.6. The van der Waals surface area contributed by atoms with E-state index in [1.165, 1.54) is 44.2 Å². The molecule has 1 aromatic heterocycles. The number of aromatic nitrogens is 3. The van der Waals surface area contributed by atoms with E-state index in [0.29, 0.717) is 23.2 Å². The van der Waals surface area contributed by atoms with Crippen LogP contribution in [0.2, 0.25) is 0 Å². The number of hydrogen-bond donors (Lipinski definition) is 0. The third-order valence-corrected chi connectivity index (χ3v) is 12.8. The number of benzene rings is 10. The molecule has 0 bridgehead atoms. The van der Waals surface area contributed by atoms with E-state index < -0.39 is 0 Å². The van der Waals surface area contributed by atoms with Crippen molar-refractivity contribution in [2.75, 3.05) is 0 Å². The monoisotopic (exact) mass is 838 g/mol. The second kappa shape index (κ2) is 16.3. The van der Waals surface area contributed by atoms with Crippen molar-refractivity contribution in [3.05, 3.63) is 242 Å². The average Bonchev–Trinajstić information content (AvgIpc) is 3.74. The first-order chi connectivity index (χ1) is 32.7. The molecule has 1 aliphatic carbocycles. The molecule has 1 heterocycles. The Hall–Kier alpha value is -9.04. The molecule has 4 nitrogen and oxygen atoms in total. The van der Waals surface area contributed by atoms with Gasteiger partial charge < -0.3 is 0 Å². The second-order valence-electron chi connectivity index (χ2n) is 16.6. The maximum atomic E-state index is 8.20. The minimum absolute atomic E-state index is 0.596. The van der Waals surface area contributed by atoms with Crippen molar-refractivity contribution in [3.63, 3.8) is 0 Å². The Morgan fingerprint density at radius 1 is 0.273 bits per heavy atom. The molecular weight excluding hydrogens is 801 g/mol. The fourth-order valence-corrected chi connectivity index (χ4v) is 9.51. The van der Waals surface area contributed by atoms with E-state index in [4.69, 9.17) is 21.5 Å². The topological polar surface area (TPSA) is 43.0 Å². The van der Waals surface area contributed by atoms with Gasteiger partial charge in [0.1, 0.15) is 0 Å². The van der Waals surface area contributed by atoms with Gasteiger partial charge in [0.2, 0.25) is 0 Å². The van der Waals surface area contributed by atoms with Crippen molar-refractivity contribution in [3.8, 4) is 112 Å². The summed E-state index contributed by atoms with van der Waals surface area (Å²) >= 11 is 0. The Bertz CT molecular complexity index is 3660. The molecule has 0 amide bonds. The van der Waals surface area contributed by atoms with Crippen LogP contribution in [0.5, 0.6) is 0 Å². The van der Waals surface area contributed by atoms with Crippen LogP contribution in [0.4, 0.5) is 5.69 Å². The van der Waals surface area contributed by atoms with Crippen LogP contribution in [0.25, 0.3) is 128 Å². The largest absolute Gasteiger partial charge is 0.238 e. The Morgan fingerprint density at radius 2 is 0.682 bits per heavy atom. The fraction of sp³-hybridized carbons (Fsp3) is 0. The number of rotatable bonds is 8. The quantitative estimate of drug-likeness (QED) is 0.143. The van der Waals surface area contributed by atoms with E-state index in [1.807, 2.05) is 48.5 Å². The van der Waals surface area contributed by atoms with E-state index in [0.717, 1.165) is 61.2 Å². The molecule has 66 heavy (non-hydrogen) atoms. The second-order valence-corrected chi connectivity index (χ2v) is 16.6. The molecule has 0 spiro atoms. The molecule has 4 heteroatoms. The van der Waals surface area contributed by atoms with E-state index in [-0.39, 0.29) is 0 Å². The normalized spacial score (nSPS) is 11.3. The summed E-state index contributed by atoms with van der Waals surface area (Å²) in [5.41, 5.74) is 19.3. The third kappa shape index (κ3) is 6.84. The van der Waals surface area contributed by atoms with E-state index in [9.17, 15) is 0 Å². The maximum absolute atomic E-state index is 8.20. The van der Waals surface area contributed by atoms with Crippen molar-refractivity contribution in [2.45, 2.75) is 0 Å². The molecule has 0 radical (unpaired) electrons. The summed E-state index contributed by atoms with van der Waals surface area (Å²) in [5, 5.41) is 2.60. The molecule has 0 aliphatic heterocycles. The molecule has 0 atom stereocenters. The van der Waals surface area contributed by atoms with Gasteiger partial charge in [-0.25, -0.2) is 19.8 Å². The maximum Gasteiger partial charge on any atom is 0.194 e. The Kier molecular flexibility index (Phi) is 9.51. The molecule has 306 valence electrons. The predicted molar refractivity (Wildman–Crippen MR) is 272 cm³/mol. The minimum atomic E-state index is 0.596. The van der Waals surface area contributed by atoms with Gasteiger partial charge in [-0.1, -0.05) is 231 Å². The summed E-state index contributed by atoms with van der Waals surface area (Å²) in [7, 11) is 0. The molecule has 0 saturated heterocycles. The van der Waals surface area contributed by atoms with Gasteiger partial charge in [0.05, 0.1) is 6.57 Å². The summed E-state index contributed by atoms with van der Waals surface area (Å²) in [6, 6.07) is 80.4. The molecule has 0 saturated carbocycles. The van der Waals surface area contributed by atoms with Crippen molar-refractivity contribution in [2.24, 2.45) is 0 Å². The van der Waals surface area contributed by atoms with Gasteiger partial charge in [-0.2, -0.15) is 0 Å². The van der Waals surface area contributed by atoms with Crippen LogP contribution < -0.4 is 0 Å². The molecule has 0 fully saturated rings. The van der Waals surface area contributed by atoms with Crippen molar-refractivity contribution < 1.29 is 0 Å². The lowest BCUT2D eigenvalue weighted by atomic mass is 9.90.